The van der Waals surface area contributed by atoms with Crippen LogP contribution >= 0.6 is 0 Å². The van der Waals surface area contributed by atoms with Crippen molar-refractivity contribution in [2.75, 3.05) is 13.2 Å². The average Bonchev–Trinajstić information content (AvgIpc) is 2.73. The van der Waals surface area contributed by atoms with Gasteiger partial charge in [-0.05, 0) is 44.0 Å². The van der Waals surface area contributed by atoms with Crippen LogP contribution in [-0.4, -0.2) is 18.1 Å². The Kier molecular flexibility index (Phi) is 3.69. The summed E-state index contributed by atoms with van der Waals surface area (Å²) in [7, 11) is 0. The van der Waals surface area contributed by atoms with Gasteiger partial charge >= 0.3 is 0 Å². The number of aromatic amines is 1. The predicted molar refractivity (Wildman–Crippen MR) is 71.6 cm³/mol. The van der Waals surface area contributed by atoms with Crippen LogP contribution in [0, 0.1) is 6.92 Å². The summed E-state index contributed by atoms with van der Waals surface area (Å²) >= 11 is 0. The molecular weight excluding hydrogens is 212 g/mol. The fourth-order valence-electron chi connectivity index (χ4n) is 2.18. The first-order chi connectivity index (χ1) is 8.27. The molecule has 17 heavy (non-hydrogen) atoms. The van der Waals surface area contributed by atoms with Gasteiger partial charge in [0.25, 0.3) is 0 Å². The standard InChI is InChI=1S/C14H20N2O/c1-3-8-17-13-5-4-12-14(10(13)2)11(6-7-15)9-16-12/h4-5,9,16H,3,6-8,15H2,1-2H3. The fraction of sp³-hybridized carbons (Fsp3) is 0.429. The Hall–Kier alpha value is -1.48. The molecule has 0 atom stereocenters. The summed E-state index contributed by atoms with van der Waals surface area (Å²) in [5.74, 6) is 0.984. The predicted octanol–water partition coefficient (Wildman–Crippen LogP) is 2.77. The summed E-state index contributed by atoms with van der Waals surface area (Å²) < 4.78 is 5.75. The van der Waals surface area contributed by atoms with Crippen molar-refractivity contribution < 1.29 is 4.74 Å². The van der Waals surface area contributed by atoms with E-state index in [-0.39, 0.29) is 0 Å². The topological polar surface area (TPSA) is 51.0 Å². The first kappa shape index (κ1) is 12.0. The second-order valence-corrected chi connectivity index (χ2v) is 4.31. The lowest BCUT2D eigenvalue weighted by atomic mass is 10.0. The minimum Gasteiger partial charge on any atom is -0.493 e. The third kappa shape index (κ3) is 2.29. The van der Waals surface area contributed by atoms with Crippen molar-refractivity contribution in [2.45, 2.75) is 26.7 Å². The van der Waals surface area contributed by atoms with Gasteiger partial charge in [0.2, 0.25) is 0 Å². The Morgan fingerprint density at radius 3 is 2.88 bits per heavy atom. The highest BCUT2D eigenvalue weighted by atomic mass is 16.5. The Balaban J connectivity index is 2.44. The van der Waals surface area contributed by atoms with Gasteiger partial charge in [-0.3, -0.25) is 0 Å². The van der Waals surface area contributed by atoms with Crippen LogP contribution in [0.3, 0.4) is 0 Å². The highest BCUT2D eigenvalue weighted by Crippen LogP contribution is 2.29. The molecule has 3 N–H and O–H groups in total. The van der Waals surface area contributed by atoms with Crippen molar-refractivity contribution >= 4 is 10.9 Å². The number of hydrogen-bond donors (Lipinski definition) is 2. The molecular formula is C14H20N2O. The lowest BCUT2D eigenvalue weighted by molar-refractivity contribution is 0.316. The first-order valence-corrected chi connectivity index (χ1v) is 6.20. The number of rotatable bonds is 5. The average molecular weight is 232 g/mol. The molecule has 2 aromatic rings. The molecule has 0 radical (unpaired) electrons. The molecule has 3 heteroatoms. The van der Waals surface area contributed by atoms with Gasteiger partial charge in [0.15, 0.2) is 0 Å². The molecule has 3 nitrogen and oxygen atoms in total. The highest BCUT2D eigenvalue weighted by molar-refractivity contribution is 5.88. The molecule has 92 valence electrons. The van der Waals surface area contributed by atoms with E-state index < -0.39 is 0 Å². The van der Waals surface area contributed by atoms with Gasteiger partial charge in [0, 0.05) is 22.7 Å². The van der Waals surface area contributed by atoms with Crippen LogP contribution in [-0.2, 0) is 6.42 Å². The number of ether oxygens (including phenoxy) is 1. The molecule has 0 aliphatic carbocycles. The van der Waals surface area contributed by atoms with Gasteiger partial charge in [0.05, 0.1) is 6.61 Å². The van der Waals surface area contributed by atoms with E-state index in [0.29, 0.717) is 6.54 Å². The maximum absolute atomic E-state index is 5.75. The zero-order valence-electron chi connectivity index (χ0n) is 10.5. The monoisotopic (exact) mass is 232 g/mol. The zero-order valence-corrected chi connectivity index (χ0v) is 10.5. The fourth-order valence-corrected chi connectivity index (χ4v) is 2.18. The Morgan fingerprint density at radius 2 is 2.18 bits per heavy atom. The second-order valence-electron chi connectivity index (χ2n) is 4.31. The highest BCUT2D eigenvalue weighted by Gasteiger charge is 2.09. The quantitative estimate of drug-likeness (QED) is 0.832. The molecule has 1 aromatic carbocycles. The van der Waals surface area contributed by atoms with E-state index in [1.807, 2.05) is 12.3 Å². The SMILES string of the molecule is CCCOc1ccc2[nH]cc(CCN)c2c1C. The van der Waals surface area contributed by atoms with E-state index in [2.05, 4.69) is 24.9 Å². The van der Waals surface area contributed by atoms with Crippen molar-refractivity contribution in [3.8, 4) is 5.75 Å². The molecule has 1 aromatic heterocycles. The molecule has 0 spiro atoms. The number of aryl methyl sites for hydroxylation is 1. The van der Waals surface area contributed by atoms with Gasteiger partial charge < -0.3 is 15.5 Å². The Morgan fingerprint density at radius 1 is 1.35 bits per heavy atom. The third-order valence-electron chi connectivity index (χ3n) is 3.01. The zero-order chi connectivity index (χ0) is 12.3. The van der Waals surface area contributed by atoms with Crippen molar-refractivity contribution in [1.82, 2.24) is 4.98 Å². The van der Waals surface area contributed by atoms with E-state index in [4.69, 9.17) is 10.5 Å². The van der Waals surface area contributed by atoms with Crippen LogP contribution in [0.5, 0.6) is 5.75 Å². The van der Waals surface area contributed by atoms with E-state index in [9.17, 15) is 0 Å². The number of nitrogens with one attached hydrogen (secondary N) is 1. The normalized spacial score (nSPS) is 11.0. The molecule has 1 heterocycles. The number of fused-ring (bicyclic) bond motifs is 1. The molecule has 2 rings (SSSR count). The van der Waals surface area contributed by atoms with Crippen molar-refractivity contribution in [2.24, 2.45) is 5.73 Å². The van der Waals surface area contributed by atoms with Crippen molar-refractivity contribution in [3.05, 3.63) is 29.5 Å². The van der Waals surface area contributed by atoms with E-state index >= 15 is 0 Å². The van der Waals surface area contributed by atoms with Crippen molar-refractivity contribution in [1.29, 1.82) is 0 Å². The summed E-state index contributed by atoms with van der Waals surface area (Å²) in [6, 6.07) is 4.11. The van der Waals surface area contributed by atoms with Gasteiger partial charge in [-0.2, -0.15) is 0 Å². The van der Waals surface area contributed by atoms with Crippen LogP contribution in [0.1, 0.15) is 24.5 Å². The molecule has 0 fully saturated rings. The van der Waals surface area contributed by atoms with Crippen LogP contribution in [0.25, 0.3) is 10.9 Å². The molecule has 0 bridgehead atoms. The van der Waals surface area contributed by atoms with E-state index in [1.54, 1.807) is 0 Å². The first-order valence-electron chi connectivity index (χ1n) is 6.20. The molecule has 0 aliphatic heterocycles. The van der Waals surface area contributed by atoms with Crippen LogP contribution in [0.2, 0.25) is 0 Å². The largest absolute Gasteiger partial charge is 0.493 e. The summed E-state index contributed by atoms with van der Waals surface area (Å²) in [4.78, 5) is 3.29. The summed E-state index contributed by atoms with van der Waals surface area (Å²) in [5.41, 5.74) is 9.28. The number of hydrogen-bond acceptors (Lipinski definition) is 2. The Bertz CT molecular complexity index is 502. The molecule has 0 saturated carbocycles. The van der Waals surface area contributed by atoms with Crippen molar-refractivity contribution in [3.63, 3.8) is 0 Å². The minimum atomic E-state index is 0.673. The van der Waals surface area contributed by atoms with Gasteiger partial charge in [-0.25, -0.2) is 0 Å². The number of benzene rings is 1. The number of H-pyrrole nitrogens is 1. The maximum atomic E-state index is 5.75. The summed E-state index contributed by atoms with van der Waals surface area (Å²) in [6.07, 6.45) is 3.98. The van der Waals surface area contributed by atoms with Crippen LogP contribution in [0.4, 0.5) is 0 Å². The van der Waals surface area contributed by atoms with Gasteiger partial charge in [0.1, 0.15) is 5.75 Å². The molecule has 0 aliphatic rings. The molecule has 0 saturated heterocycles. The van der Waals surface area contributed by atoms with Gasteiger partial charge in [-0.15, -0.1) is 0 Å². The van der Waals surface area contributed by atoms with Crippen LogP contribution < -0.4 is 10.5 Å². The number of nitrogens with two attached hydrogens (primary N) is 1. The second kappa shape index (κ2) is 5.23. The third-order valence-corrected chi connectivity index (χ3v) is 3.01. The smallest absolute Gasteiger partial charge is 0.122 e. The molecule has 0 amide bonds. The summed E-state index contributed by atoms with van der Waals surface area (Å²) in [5, 5.41) is 1.27. The maximum Gasteiger partial charge on any atom is 0.122 e. The minimum absolute atomic E-state index is 0.673. The van der Waals surface area contributed by atoms with Gasteiger partial charge in [-0.1, -0.05) is 6.92 Å². The van der Waals surface area contributed by atoms with Crippen LogP contribution in [0.15, 0.2) is 18.3 Å². The van der Waals surface area contributed by atoms with E-state index in [0.717, 1.165) is 30.7 Å². The summed E-state index contributed by atoms with van der Waals surface area (Å²) in [6.45, 7) is 5.67. The lowest BCUT2D eigenvalue weighted by Crippen LogP contribution is -2.02. The number of aromatic nitrogens is 1. The molecule has 0 unspecified atom stereocenters. The Labute approximate surface area is 102 Å². The lowest BCUT2D eigenvalue weighted by Gasteiger charge is -2.10. The van der Waals surface area contributed by atoms with E-state index in [1.165, 1.54) is 16.5 Å².